The summed E-state index contributed by atoms with van der Waals surface area (Å²) in [5.41, 5.74) is 0. The molecule has 80 heavy (non-hydrogen) atoms. The first-order valence-electron chi connectivity index (χ1n) is 34.2. The monoisotopic (exact) mass is 1110 g/mol. The van der Waals surface area contributed by atoms with E-state index in [2.05, 4.69) is 118 Å². The van der Waals surface area contributed by atoms with Crippen LogP contribution in [0.5, 0.6) is 0 Å². The maximum absolute atomic E-state index is 12.9. The Balaban J connectivity index is 4.19. The third-order valence-electron chi connectivity index (χ3n) is 14.8. The second-order valence-corrected chi connectivity index (χ2v) is 22.7. The molecule has 0 aliphatic heterocycles. The number of rotatable bonds is 62. The summed E-state index contributed by atoms with van der Waals surface area (Å²) in [6.07, 6.45) is 91.5. The molecule has 6 heteroatoms. The molecule has 0 amide bonds. The van der Waals surface area contributed by atoms with Crippen LogP contribution < -0.4 is 0 Å². The molecule has 0 aromatic heterocycles. The molecule has 0 heterocycles. The van der Waals surface area contributed by atoms with Crippen molar-refractivity contribution in [2.24, 2.45) is 0 Å². The van der Waals surface area contributed by atoms with E-state index in [1.807, 2.05) is 0 Å². The van der Waals surface area contributed by atoms with Crippen molar-refractivity contribution >= 4 is 17.9 Å². The molecule has 0 N–H and O–H groups in total. The molecule has 0 spiro atoms. The Kier molecular flexibility index (Phi) is 64.7. The standard InChI is InChI=1S/C74H128O6/c1-4-7-10-13-16-19-22-24-26-28-30-32-33-34-35-36-37-38-39-40-41-43-44-46-48-50-52-55-58-61-64-67-73(76)79-70-71(69-78-72(75)66-63-60-57-54-21-18-15-12-9-6-3)80-74(77)68-65-62-59-56-53-51-49-47-45-42-31-29-27-25-23-20-17-14-11-8-5-2/h7,10,16,19,23-26,29-32,34-35,45,47,71H,4-6,8-9,11-15,17-18,20-22,27-28,33,36-44,46,48-70H2,1-3H3/b10-7-,19-16-,25-23-,26-24-,31-29-,32-30-,35-34-,47-45-. The molecule has 0 aromatic carbocycles. The fourth-order valence-corrected chi connectivity index (χ4v) is 9.71. The van der Waals surface area contributed by atoms with Crippen LogP contribution in [0.3, 0.4) is 0 Å². The van der Waals surface area contributed by atoms with Crippen molar-refractivity contribution in [1.29, 1.82) is 0 Å². The van der Waals surface area contributed by atoms with Gasteiger partial charge in [-0.15, -0.1) is 0 Å². The van der Waals surface area contributed by atoms with Crippen molar-refractivity contribution in [3.63, 3.8) is 0 Å². The van der Waals surface area contributed by atoms with Crippen LogP contribution in [0.25, 0.3) is 0 Å². The van der Waals surface area contributed by atoms with Crippen molar-refractivity contribution in [3.8, 4) is 0 Å². The van der Waals surface area contributed by atoms with Gasteiger partial charge in [-0.1, -0.05) is 311 Å². The SMILES string of the molecule is CC/C=C\C/C=C\C/C=C\C/C=C\C/C=C\CCCCCCCCCCCCCCCCCC(=O)OCC(COC(=O)CCCCCCCCCCCC)OC(=O)CCCCCCCC/C=C\C/C=C\C/C=C\CCCCCCC. The van der Waals surface area contributed by atoms with Gasteiger partial charge in [0.1, 0.15) is 13.2 Å². The number of hydrogen-bond donors (Lipinski definition) is 0. The lowest BCUT2D eigenvalue weighted by atomic mass is 10.0. The zero-order valence-electron chi connectivity index (χ0n) is 52.8. The van der Waals surface area contributed by atoms with Gasteiger partial charge in [0, 0.05) is 19.3 Å². The highest BCUT2D eigenvalue weighted by Crippen LogP contribution is 2.17. The quantitative estimate of drug-likeness (QED) is 0.0261. The van der Waals surface area contributed by atoms with Crippen LogP contribution in [0.4, 0.5) is 0 Å². The Bertz CT molecular complexity index is 1560. The number of carbonyl (C=O) groups is 3. The summed E-state index contributed by atoms with van der Waals surface area (Å²) >= 11 is 0. The number of allylic oxidation sites excluding steroid dienone is 16. The van der Waals surface area contributed by atoms with Gasteiger partial charge in [-0.05, 0) is 103 Å². The van der Waals surface area contributed by atoms with Gasteiger partial charge in [0.05, 0.1) is 0 Å². The maximum atomic E-state index is 12.9. The van der Waals surface area contributed by atoms with Crippen LogP contribution in [0.2, 0.25) is 0 Å². The van der Waals surface area contributed by atoms with Gasteiger partial charge in [0.2, 0.25) is 0 Å². The van der Waals surface area contributed by atoms with E-state index < -0.39 is 6.10 Å². The van der Waals surface area contributed by atoms with Crippen LogP contribution >= 0.6 is 0 Å². The molecule has 0 radical (unpaired) electrons. The van der Waals surface area contributed by atoms with Gasteiger partial charge in [0.25, 0.3) is 0 Å². The molecule has 0 aromatic rings. The van der Waals surface area contributed by atoms with E-state index in [0.717, 1.165) is 116 Å². The number of ether oxygens (including phenoxy) is 3. The van der Waals surface area contributed by atoms with E-state index in [4.69, 9.17) is 14.2 Å². The van der Waals surface area contributed by atoms with Crippen molar-refractivity contribution in [1.82, 2.24) is 0 Å². The molecular formula is C74H128O6. The third kappa shape index (κ3) is 65.1. The first-order chi connectivity index (χ1) is 39.5. The molecule has 6 nitrogen and oxygen atoms in total. The molecule has 0 rings (SSSR count). The van der Waals surface area contributed by atoms with Gasteiger partial charge in [0.15, 0.2) is 6.10 Å². The highest BCUT2D eigenvalue weighted by Gasteiger charge is 2.19. The lowest BCUT2D eigenvalue weighted by Gasteiger charge is -2.18. The fraction of sp³-hybridized carbons (Fsp3) is 0.743. The summed E-state index contributed by atoms with van der Waals surface area (Å²) in [5, 5.41) is 0. The van der Waals surface area contributed by atoms with Crippen LogP contribution in [-0.2, 0) is 28.6 Å². The predicted molar refractivity (Wildman–Crippen MR) is 348 cm³/mol. The first-order valence-corrected chi connectivity index (χ1v) is 34.2. The predicted octanol–water partition coefficient (Wildman–Crippen LogP) is 23.6. The van der Waals surface area contributed by atoms with E-state index in [1.54, 1.807) is 0 Å². The Morgan fingerprint density at radius 2 is 0.487 bits per heavy atom. The largest absolute Gasteiger partial charge is 0.462 e. The molecule has 0 bridgehead atoms. The summed E-state index contributed by atoms with van der Waals surface area (Å²) in [4.78, 5) is 38.3. The number of unbranched alkanes of at least 4 members (excludes halogenated alkanes) is 35. The Morgan fingerprint density at radius 3 is 0.762 bits per heavy atom. The molecule has 0 saturated carbocycles. The Labute approximate surface area is 496 Å². The Hall–Kier alpha value is -3.67. The highest BCUT2D eigenvalue weighted by atomic mass is 16.6. The topological polar surface area (TPSA) is 78.9 Å². The van der Waals surface area contributed by atoms with E-state index in [0.29, 0.717) is 19.3 Å². The van der Waals surface area contributed by atoms with Crippen LogP contribution in [0.15, 0.2) is 97.2 Å². The smallest absolute Gasteiger partial charge is 0.306 e. The van der Waals surface area contributed by atoms with Crippen molar-refractivity contribution in [2.45, 2.75) is 341 Å². The normalized spacial score (nSPS) is 12.7. The summed E-state index contributed by atoms with van der Waals surface area (Å²) in [6, 6.07) is 0. The van der Waals surface area contributed by atoms with E-state index >= 15 is 0 Å². The summed E-state index contributed by atoms with van der Waals surface area (Å²) in [7, 11) is 0. The van der Waals surface area contributed by atoms with Gasteiger partial charge in [-0.2, -0.15) is 0 Å². The van der Waals surface area contributed by atoms with Crippen LogP contribution in [0.1, 0.15) is 335 Å². The third-order valence-corrected chi connectivity index (χ3v) is 14.8. The fourth-order valence-electron chi connectivity index (χ4n) is 9.71. The summed E-state index contributed by atoms with van der Waals surface area (Å²) < 4.78 is 16.9. The second-order valence-electron chi connectivity index (χ2n) is 22.7. The zero-order valence-corrected chi connectivity index (χ0v) is 52.8. The highest BCUT2D eigenvalue weighted by molar-refractivity contribution is 5.71. The minimum absolute atomic E-state index is 0.0789. The van der Waals surface area contributed by atoms with Crippen LogP contribution in [-0.4, -0.2) is 37.2 Å². The minimum atomic E-state index is -0.783. The molecule has 460 valence electrons. The molecular weight excluding hydrogens is 985 g/mol. The summed E-state index contributed by atoms with van der Waals surface area (Å²) in [6.45, 7) is 6.52. The average molecular weight is 1110 g/mol. The van der Waals surface area contributed by atoms with Crippen molar-refractivity contribution < 1.29 is 28.6 Å². The van der Waals surface area contributed by atoms with E-state index in [-0.39, 0.29) is 31.1 Å². The van der Waals surface area contributed by atoms with Gasteiger partial charge in [-0.25, -0.2) is 0 Å². The van der Waals surface area contributed by atoms with E-state index in [9.17, 15) is 14.4 Å². The minimum Gasteiger partial charge on any atom is -0.462 e. The van der Waals surface area contributed by atoms with Crippen molar-refractivity contribution in [2.75, 3.05) is 13.2 Å². The van der Waals surface area contributed by atoms with Crippen molar-refractivity contribution in [3.05, 3.63) is 97.2 Å². The average Bonchev–Trinajstić information content (AvgIpc) is 3.46. The lowest BCUT2D eigenvalue weighted by Crippen LogP contribution is -2.30. The maximum Gasteiger partial charge on any atom is 0.306 e. The first kappa shape index (κ1) is 76.3. The van der Waals surface area contributed by atoms with E-state index in [1.165, 1.54) is 180 Å². The number of carbonyl (C=O) groups excluding carboxylic acids is 3. The molecule has 1 unspecified atom stereocenters. The van der Waals surface area contributed by atoms with Gasteiger partial charge < -0.3 is 14.2 Å². The molecule has 0 aliphatic carbocycles. The molecule has 0 saturated heterocycles. The van der Waals surface area contributed by atoms with Gasteiger partial charge in [-0.3, -0.25) is 14.4 Å². The van der Waals surface area contributed by atoms with Crippen LogP contribution in [0, 0.1) is 0 Å². The Morgan fingerprint density at radius 1 is 0.263 bits per heavy atom. The molecule has 0 fully saturated rings. The molecule has 1 atom stereocenters. The zero-order chi connectivity index (χ0) is 57.8. The van der Waals surface area contributed by atoms with Gasteiger partial charge >= 0.3 is 17.9 Å². The number of esters is 3. The molecule has 0 aliphatic rings. The summed E-state index contributed by atoms with van der Waals surface area (Å²) in [5.74, 6) is -0.880. The number of hydrogen-bond acceptors (Lipinski definition) is 6. The second kappa shape index (κ2) is 67.8. The lowest BCUT2D eigenvalue weighted by molar-refractivity contribution is -0.167.